The van der Waals surface area contributed by atoms with Gasteiger partial charge in [0.15, 0.2) is 18.9 Å². The molecule has 64 heavy (non-hydrogen) atoms. The average Bonchev–Trinajstić information content (AvgIpc) is 3.26. The van der Waals surface area contributed by atoms with E-state index >= 15 is 0 Å². The number of ether oxygens (including phenoxy) is 6. The summed E-state index contributed by atoms with van der Waals surface area (Å²) in [6.45, 7) is 13.8. The van der Waals surface area contributed by atoms with Crippen LogP contribution in [0.15, 0.2) is 11.6 Å². The van der Waals surface area contributed by atoms with Crippen molar-refractivity contribution in [2.45, 2.75) is 204 Å². The van der Waals surface area contributed by atoms with Crippen molar-refractivity contribution in [3.63, 3.8) is 0 Å². The lowest BCUT2D eigenvalue weighted by Gasteiger charge is -2.72. The Kier molecular flexibility index (Phi) is 13.5. The average molecular weight is 915 g/mol. The van der Waals surface area contributed by atoms with E-state index in [1.165, 1.54) is 12.5 Å². The Hall–Kier alpha value is -0.940. The lowest BCUT2D eigenvalue weighted by Crippen LogP contribution is -2.68. The van der Waals surface area contributed by atoms with Gasteiger partial charge in [-0.3, -0.25) is 0 Å². The zero-order valence-corrected chi connectivity index (χ0v) is 38.6. The Balaban J connectivity index is 1.05. The van der Waals surface area contributed by atoms with E-state index in [0.29, 0.717) is 12.8 Å². The minimum absolute atomic E-state index is 0.00944. The van der Waals surface area contributed by atoms with Crippen molar-refractivity contribution in [2.75, 3.05) is 26.4 Å². The van der Waals surface area contributed by atoms with Gasteiger partial charge in [0, 0.05) is 17.4 Å². The van der Waals surface area contributed by atoms with E-state index in [0.717, 1.165) is 44.9 Å². The molecule has 25 atom stereocenters. The van der Waals surface area contributed by atoms with E-state index in [-0.39, 0.29) is 58.0 Å². The number of hydrogen-bond donors (Lipinski definition) is 11. The zero-order chi connectivity index (χ0) is 46.7. The normalized spacial score (nSPS) is 57.7. The molecule has 8 aliphatic rings. The number of rotatable bonds is 9. The fraction of sp³-hybridized carbons (Fsp3) is 0.957. The van der Waals surface area contributed by atoms with E-state index in [4.69, 9.17) is 28.4 Å². The van der Waals surface area contributed by atoms with E-state index in [1.54, 1.807) is 0 Å². The molecular formula is C47H78O17. The zero-order valence-electron chi connectivity index (χ0n) is 38.6. The summed E-state index contributed by atoms with van der Waals surface area (Å²) in [7, 11) is 0. The summed E-state index contributed by atoms with van der Waals surface area (Å²) in [5, 5.41) is 120. The molecule has 11 N–H and O–H groups in total. The van der Waals surface area contributed by atoms with Gasteiger partial charge in [-0.1, -0.05) is 53.2 Å². The molecule has 0 bridgehead atoms. The predicted octanol–water partition coefficient (Wildman–Crippen LogP) is 0.224. The Morgan fingerprint density at radius 3 is 2.00 bits per heavy atom. The van der Waals surface area contributed by atoms with Gasteiger partial charge in [-0.15, -0.1) is 0 Å². The maximum absolute atomic E-state index is 11.6. The molecule has 0 aromatic carbocycles. The second-order valence-electron chi connectivity index (χ2n) is 22.9. The monoisotopic (exact) mass is 915 g/mol. The van der Waals surface area contributed by atoms with Gasteiger partial charge < -0.3 is 84.6 Å². The van der Waals surface area contributed by atoms with Gasteiger partial charge in [0.25, 0.3) is 0 Å². The van der Waals surface area contributed by atoms with Crippen LogP contribution in [-0.4, -0.2) is 181 Å². The fourth-order valence-corrected chi connectivity index (χ4v) is 14.9. The van der Waals surface area contributed by atoms with E-state index < -0.39 is 117 Å². The quantitative estimate of drug-likeness (QED) is 0.109. The van der Waals surface area contributed by atoms with Crippen LogP contribution in [0.3, 0.4) is 0 Å². The first-order valence-corrected chi connectivity index (χ1v) is 23.8. The van der Waals surface area contributed by atoms with Crippen LogP contribution in [0.5, 0.6) is 0 Å². The molecule has 0 spiro atoms. The van der Waals surface area contributed by atoms with Gasteiger partial charge in [-0.25, -0.2) is 0 Å². The first-order valence-electron chi connectivity index (χ1n) is 23.8. The molecule has 0 unspecified atom stereocenters. The summed E-state index contributed by atoms with van der Waals surface area (Å²) in [5.74, 6) is 0.418. The van der Waals surface area contributed by atoms with Crippen molar-refractivity contribution in [1.29, 1.82) is 0 Å². The molecule has 8 rings (SSSR count). The molecule has 0 aromatic rings. The van der Waals surface area contributed by atoms with Gasteiger partial charge in [0.2, 0.25) is 0 Å². The molecule has 3 saturated heterocycles. The largest absolute Gasteiger partial charge is 0.396 e. The van der Waals surface area contributed by atoms with Crippen molar-refractivity contribution in [2.24, 2.45) is 50.2 Å². The van der Waals surface area contributed by atoms with Crippen LogP contribution < -0.4 is 0 Å². The van der Waals surface area contributed by atoms with Crippen molar-refractivity contribution >= 4 is 0 Å². The third-order valence-corrected chi connectivity index (χ3v) is 19.4. The molecule has 368 valence electrons. The molecule has 0 aromatic heterocycles. The van der Waals surface area contributed by atoms with Crippen LogP contribution in [0.2, 0.25) is 0 Å². The molecule has 17 nitrogen and oxygen atoms in total. The maximum Gasteiger partial charge on any atom is 0.187 e. The van der Waals surface area contributed by atoms with Gasteiger partial charge in [-0.05, 0) is 104 Å². The van der Waals surface area contributed by atoms with Crippen LogP contribution in [0, 0.1) is 50.2 Å². The summed E-state index contributed by atoms with van der Waals surface area (Å²) in [6, 6.07) is 0. The van der Waals surface area contributed by atoms with Crippen molar-refractivity contribution < 1.29 is 84.6 Å². The van der Waals surface area contributed by atoms with Crippen LogP contribution in [-0.2, 0) is 28.4 Å². The topological polar surface area (TPSA) is 278 Å². The van der Waals surface area contributed by atoms with Crippen LogP contribution >= 0.6 is 0 Å². The molecule has 17 heteroatoms. The minimum Gasteiger partial charge on any atom is -0.396 e. The maximum atomic E-state index is 11.6. The molecule has 4 saturated carbocycles. The number of aliphatic hydroxyl groups excluding tert-OH is 11. The molecule has 3 aliphatic heterocycles. The summed E-state index contributed by atoms with van der Waals surface area (Å²) < 4.78 is 36.5. The van der Waals surface area contributed by atoms with Crippen molar-refractivity contribution in [3.05, 3.63) is 11.6 Å². The number of fused-ring (bicyclic) bond motifs is 7. The summed E-state index contributed by atoms with van der Waals surface area (Å²) in [5.41, 5.74) is -0.438. The van der Waals surface area contributed by atoms with E-state index in [1.807, 2.05) is 6.92 Å². The van der Waals surface area contributed by atoms with Crippen LogP contribution in [0.1, 0.15) is 106 Å². The van der Waals surface area contributed by atoms with Gasteiger partial charge in [0.1, 0.15) is 61.0 Å². The summed E-state index contributed by atoms with van der Waals surface area (Å²) >= 11 is 0. The lowest BCUT2D eigenvalue weighted by atomic mass is 9.33. The number of allylic oxidation sites excluding steroid dienone is 2. The molecular weight excluding hydrogens is 837 g/mol. The van der Waals surface area contributed by atoms with E-state index in [2.05, 4.69) is 40.7 Å². The van der Waals surface area contributed by atoms with Gasteiger partial charge in [-0.2, -0.15) is 0 Å². The van der Waals surface area contributed by atoms with E-state index in [9.17, 15) is 56.2 Å². The fourth-order valence-electron chi connectivity index (χ4n) is 14.9. The lowest BCUT2D eigenvalue weighted by molar-refractivity contribution is -0.389. The summed E-state index contributed by atoms with van der Waals surface area (Å²) in [4.78, 5) is 0. The molecule has 0 radical (unpaired) electrons. The smallest absolute Gasteiger partial charge is 0.187 e. The molecule has 3 heterocycles. The number of aliphatic hydroxyl groups is 11. The van der Waals surface area contributed by atoms with Crippen molar-refractivity contribution in [3.8, 4) is 0 Å². The van der Waals surface area contributed by atoms with Gasteiger partial charge in [0.05, 0.1) is 38.1 Å². The Labute approximate surface area is 376 Å². The Morgan fingerprint density at radius 2 is 1.33 bits per heavy atom. The predicted molar refractivity (Wildman–Crippen MR) is 225 cm³/mol. The highest BCUT2D eigenvalue weighted by Crippen LogP contribution is 2.76. The first-order chi connectivity index (χ1) is 30.0. The Morgan fingerprint density at radius 1 is 0.641 bits per heavy atom. The number of hydrogen-bond acceptors (Lipinski definition) is 17. The minimum atomic E-state index is -1.77. The highest BCUT2D eigenvalue weighted by Gasteiger charge is 2.70. The third kappa shape index (κ3) is 7.53. The van der Waals surface area contributed by atoms with Crippen LogP contribution in [0.25, 0.3) is 0 Å². The van der Waals surface area contributed by atoms with Crippen molar-refractivity contribution in [1.82, 2.24) is 0 Å². The second kappa shape index (κ2) is 17.5. The second-order valence-corrected chi connectivity index (χ2v) is 22.9. The highest BCUT2D eigenvalue weighted by molar-refractivity contribution is 5.34. The first kappa shape index (κ1) is 49.5. The molecule has 0 amide bonds. The van der Waals surface area contributed by atoms with Gasteiger partial charge >= 0.3 is 0 Å². The Bertz CT molecular complexity index is 1710. The molecule has 5 aliphatic carbocycles. The van der Waals surface area contributed by atoms with Crippen LogP contribution in [0.4, 0.5) is 0 Å². The summed E-state index contributed by atoms with van der Waals surface area (Å²) in [6.07, 6.45) is -13.0. The highest BCUT2D eigenvalue weighted by atomic mass is 16.8. The standard InChI is InChI=1S/C47H78O17/c1-22-31(53)34(56)36(58)39(60-22)63-37-32(54)25(51)19-59-40(37)64-38-35(57)33(55)26(18-48)61-41(38)62-30-11-12-44(4)27(45(30,5)21-50)10-13-47(7)28(44)9-8-23-24-16-42(2,20-49)17-29(52)43(24,3)14-15-46(23,47)6/h8,22,24-41,48-58H,9-21H2,1-7H3/t22-,24+,25+,26-,27+,28+,29-,30-,31+,32+,33-,34+,35-,36-,37-,38+,39-,40+,41+,42-,43-,44+,45-,46+,47-/m0/s1. The third-order valence-electron chi connectivity index (χ3n) is 19.4. The SMILES string of the molecule is C[C@@H]1O[C@@H](O[C@@H]2[C@@H](O[C@H]3[C@@H](O[C@H]4CC[C@]5(C)[C@@H](CC[C@@]6(C)[C@@H]5CC=C5[C@H]7C[C@](C)(CO)C[C@H](O)[C@@]7(C)CC[C@]56C)[C@]4(C)CO)O[C@@H](CO)[C@H](O)[C@@H]3O)OC[C@@H](O)[C@H]2O)[C@@H](O)[C@H](O)[C@@H]1O. The molecule has 7 fully saturated rings.